The van der Waals surface area contributed by atoms with Crippen LogP contribution in [0.3, 0.4) is 0 Å². The number of aryl methyl sites for hydroxylation is 1. The molecule has 3 aromatic rings. The fourth-order valence-corrected chi connectivity index (χ4v) is 2.53. The van der Waals surface area contributed by atoms with Crippen LogP contribution >= 0.6 is 0 Å². The summed E-state index contributed by atoms with van der Waals surface area (Å²) in [5.74, 6) is -0.311. The van der Waals surface area contributed by atoms with E-state index in [0.29, 0.717) is 17.1 Å². The SMILES string of the molecule is CCc1ccc(C(=O)Oc2cc(C(C)C)nn2-c2ccc(F)cc2)cc1. The van der Waals surface area contributed by atoms with Crippen molar-refractivity contribution in [1.29, 1.82) is 0 Å². The number of carbonyl (C=O) groups excluding carboxylic acids is 1. The van der Waals surface area contributed by atoms with Gasteiger partial charge in [0.2, 0.25) is 5.88 Å². The third-order valence-electron chi connectivity index (χ3n) is 4.15. The average molecular weight is 352 g/mol. The monoisotopic (exact) mass is 352 g/mol. The van der Waals surface area contributed by atoms with E-state index in [1.807, 2.05) is 26.0 Å². The normalized spacial score (nSPS) is 11.0. The minimum atomic E-state index is -0.453. The van der Waals surface area contributed by atoms with Crippen LogP contribution in [0.25, 0.3) is 5.69 Å². The summed E-state index contributed by atoms with van der Waals surface area (Å²) < 4.78 is 20.3. The Morgan fingerprint density at radius 3 is 2.35 bits per heavy atom. The molecule has 1 heterocycles. The van der Waals surface area contributed by atoms with Crippen molar-refractivity contribution in [3.05, 3.63) is 77.2 Å². The smallest absolute Gasteiger partial charge is 0.344 e. The van der Waals surface area contributed by atoms with Gasteiger partial charge in [0.15, 0.2) is 0 Å². The fraction of sp³-hybridized carbons (Fsp3) is 0.238. The Hall–Kier alpha value is -2.95. The largest absolute Gasteiger partial charge is 0.404 e. The molecule has 0 bridgehead atoms. The Morgan fingerprint density at radius 2 is 1.77 bits per heavy atom. The van der Waals surface area contributed by atoms with Crippen LogP contribution in [0.5, 0.6) is 5.88 Å². The van der Waals surface area contributed by atoms with Crippen LogP contribution in [0.2, 0.25) is 0 Å². The molecule has 0 atom stereocenters. The van der Waals surface area contributed by atoms with Crippen molar-refractivity contribution in [3.63, 3.8) is 0 Å². The number of carbonyl (C=O) groups is 1. The number of rotatable bonds is 5. The van der Waals surface area contributed by atoms with E-state index in [9.17, 15) is 9.18 Å². The molecule has 0 aliphatic heterocycles. The van der Waals surface area contributed by atoms with E-state index in [1.54, 1.807) is 30.3 Å². The summed E-state index contributed by atoms with van der Waals surface area (Å²) in [6.07, 6.45) is 0.907. The molecule has 0 unspecified atom stereocenters. The van der Waals surface area contributed by atoms with Gasteiger partial charge in [-0.15, -0.1) is 0 Å². The topological polar surface area (TPSA) is 44.1 Å². The van der Waals surface area contributed by atoms with Crippen molar-refractivity contribution in [1.82, 2.24) is 9.78 Å². The van der Waals surface area contributed by atoms with Gasteiger partial charge in [0.05, 0.1) is 16.9 Å². The summed E-state index contributed by atoms with van der Waals surface area (Å²) >= 11 is 0. The zero-order valence-corrected chi connectivity index (χ0v) is 15.1. The summed E-state index contributed by atoms with van der Waals surface area (Å²) in [7, 11) is 0. The molecule has 0 radical (unpaired) electrons. The summed E-state index contributed by atoms with van der Waals surface area (Å²) in [6.45, 7) is 6.07. The Kier molecular flexibility index (Phi) is 5.16. The van der Waals surface area contributed by atoms with Gasteiger partial charge in [-0.25, -0.2) is 13.9 Å². The van der Waals surface area contributed by atoms with Crippen molar-refractivity contribution in [2.24, 2.45) is 0 Å². The number of hydrogen-bond acceptors (Lipinski definition) is 3. The predicted octanol–water partition coefficient (Wildman–Crippen LogP) is 4.92. The van der Waals surface area contributed by atoms with E-state index in [0.717, 1.165) is 17.7 Å². The summed E-state index contributed by atoms with van der Waals surface area (Å²) in [6, 6.07) is 15.0. The fourth-order valence-electron chi connectivity index (χ4n) is 2.53. The number of benzene rings is 2. The van der Waals surface area contributed by atoms with Gasteiger partial charge in [0, 0.05) is 6.07 Å². The van der Waals surface area contributed by atoms with Gasteiger partial charge >= 0.3 is 5.97 Å². The van der Waals surface area contributed by atoms with Gasteiger partial charge in [-0.05, 0) is 54.3 Å². The van der Waals surface area contributed by atoms with Crippen molar-refractivity contribution in [2.75, 3.05) is 0 Å². The maximum atomic E-state index is 13.2. The molecule has 5 heteroatoms. The first-order valence-electron chi connectivity index (χ1n) is 8.65. The molecule has 0 spiro atoms. The molecule has 4 nitrogen and oxygen atoms in total. The van der Waals surface area contributed by atoms with Crippen LogP contribution < -0.4 is 4.74 Å². The average Bonchev–Trinajstić information content (AvgIpc) is 3.06. The molecule has 0 aliphatic carbocycles. The zero-order valence-electron chi connectivity index (χ0n) is 15.1. The maximum Gasteiger partial charge on any atom is 0.344 e. The van der Waals surface area contributed by atoms with Crippen molar-refractivity contribution >= 4 is 5.97 Å². The molecule has 0 saturated carbocycles. The number of nitrogens with zero attached hydrogens (tertiary/aromatic N) is 2. The third-order valence-corrected chi connectivity index (χ3v) is 4.15. The number of esters is 1. The van der Waals surface area contributed by atoms with Crippen molar-refractivity contribution in [3.8, 4) is 11.6 Å². The van der Waals surface area contributed by atoms with Crippen molar-refractivity contribution in [2.45, 2.75) is 33.1 Å². The van der Waals surface area contributed by atoms with Gasteiger partial charge in [0.25, 0.3) is 0 Å². The molecule has 134 valence electrons. The Morgan fingerprint density at radius 1 is 1.12 bits per heavy atom. The van der Waals surface area contributed by atoms with E-state index < -0.39 is 5.97 Å². The van der Waals surface area contributed by atoms with Crippen LogP contribution in [0, 0.1) is 5.82 Å². The number of ether oxygens (including phenoxy) is 1. The number of halogens is 1. The zero-order chi connectivity index (χ0) is 18.7. The van der Waals surface area contributed by atoms with Crippen molar-refractivity contribution < 1.29 is 13.9 Å². The first-order chi connectivity index (χ1) is 12.5. The van der Waals surface area contributed by atoms with E-state index in [4.69, 9.17) is 4.74 Å². The van der Waals surface area contributed by atoms with E-state index in [2.05, 4.69) is 12.0 Å². The Labute approximate surface area is 152 Å². The second kappa shape index (κ2) is 7.52. The molecule has 0 amide bonds. The van der Waals surface area contributed by atoms with Gasteiger partial charge in [-0.3, -0.25) is 0 Å². The highest BCUT2D eigenvalue weighted by molar-refractivity contribution is 5.91. The van der Waals surface area contributed by atoms with Gasteiger partial charge in [-0.2, -0.15) is 5.10 Å². The van der Waals surface area contributed by atoms with Crippen LogP contribution in [-0.4, -0.2) is 15.7 Å². The lowest BCUT2D eigenvalue weighted by Gasteiger charge is -2.08. The lowest BCUT2D eigenvalue weighted by molar-refractivity contribution is 0.0723. The van der Waals surface area contributed by atoms with Crippen LogP contribution in [-0.2, 0) is 6.42 Å². The lowest BCUT2D eigenvalue weighted by atomic mass is 10.1. The van der Waals surface area contributed by atoms with E-state index in [-0.39, 0.29) is 11.7 Å². The minimum Gasteiger partial charge on any atom is -0.404 e. The van der Waals surface area contributed by atoms with Gasteiger partial charge < -0.3 is 4.74 Å². The maximum absolute atomic E-state index is 13.2. The molecule has 1 aromatic heterocycles. The second-order valence-corrected chi connectivity index (χ2v) is 6.39. The van der Waals surface area contributed by atoms with Gasteiger partial charge in [0.1, 0.15) is 5.82 Å². The second-order valence-electron chi connectivity index (χ2n) is 6.39. The highest BCUT2D eigenvalue weighted by Crippen LogP contribution is 2.25. The molecular weight excluding hydrogens is 331 g/mol. The lowest BCUT2D eigenvalue weighted by Crippen LogP contribution is -2.11. The molecule has 3 rings (SSSR count). The molecule has 26 heavy (non-hydrogen) atoms. The van der Waals surface area contributed by atoms with Gasteiger partial charge in [-0.1, -0.05) is 32.9 Å². The quantitative estimate of drug-likeness (QED) is 0.613. The van der Waals surface area contributed by atoms with E-state index in [1.165, 1.54) is 16.8 Å². The molecule has 0 fully saturated rings. The standard InChI is InChI=1S/C21H21FN2O2/c1-4-15-5-7-16(8-6-15)21(25)26-20-13-19(14(2)3)23-24(20)18-11-9-17(22)10-12-18/h5-14H,4H2,1-3H3. The predicted molar refractivity (Wildman–Crippen MR) is 98.4 cm³/mol. The van der Waals surface area contributed by atoms with Crippen LogP contribution in [0.4, 0.5) is 4.39 Å². The first-order valence-corrected chi connectivity index (χ1v) is 8.65. The molecule has 0 N–H and O–H groups in total. The highest BCUT2D eigenvalue weighted by Gasteiger charge is 2.17. The Bertz CT molecular complexity index is 897. The first kappa shape index (κ1) is 17.9. The van der Waals surface area contributed by atoms with E-state index >= 15 is 0 Å². The summed E-state index contributed by atoms with van der Waals surface area (Å²) in [5, 5.41) is 4.50. The van der Waals surface area contributed by atoms with Crippen LogP contribution in [0.15, 0.2) is 54.6 Å². The summed E-state index contributed by atoms with van der Waals surface area (Å²) in [4.78, 5) is 12.5. The number of hydrogen-bond donors (Lipinski definition) is 0. The van der Waals surface area contributed by atoms with Crippen LogP contribution in [0.1, 0.15) is 48.3 Å². The minimum absolute atomic E-state index is 0.165. The highest BCUT2D eigenvalue weighted by atomic mass is 19.1. The number of aromatic nitrogens is 2. The summed E-state index contributed by atoms with van der Waals surface area (Å²) in [5.41, 5.74) is 3.04. The molecule has 2 aromatic carbocycles. The molecule has 0 aliphatic rings. The molecule has 0 saturated heterocycles. The Balaban J connectivity index is 1.92. The molecular formula is C21H21FN2O2. The third kappa shape index (κ3) is 3.82.